The van der Waals surface area contributed by atoms with E-state index in [1.54, 1.807) is 12.1 Å². The molecule has 0 bridgehead atoms. The number of nitrogens with one attached hydrogen (secondary N) is 1. The van der Waals surface area contributed by atoms with Gasteiger partial charge >= 0.3 is 0 Å². The number of benzene rings is 3. The predicted molar refractivity (Wildman–Crippen MR) is 113 cm³/mol. The topological polar surface area (TPSA) is 55.1 Å². The molecular weight excluding hydrogens is 372 g/mol. The molecule has 0 spiro atoms. The number of halogens is 1. The zero-order chi connectivity index (χ0) is 19.7. The third-order valence-electron chi connectivity index (χ3n) is 4.70. The predicted octanol–water partition coefficient (Wildman–Crippen LogP) is 5.95. The molecule has 28 heavy (non-hydrogen) atoms. The molecule has 3 aromatic carbocycles. The standard InChI is InChI=1S/C23H19ClN2O2/c1-14-3-6-17(11-15(14)2)23-26-20-13-19(9-10-21(20)28-23)25-22(27)12-16-4-7-18(24)8-5-16/h3-11,13H,12H2,1-2H3,(H,25,27). The summed E-state index contributed by atoms with van der Waals surface area (Å²) in [5.41, 5.74) is 6.34. The number of hydrogen-bond donors (Lipinski definition) is 1. The maximum atomic E-state index is 12.3. The molecule has 4 rings (SSSR count). The van der Waals surface area contributed by atoms with Crippen LogP contribution in [0.5, 0.6) is 0 Å². The van der Waals surface area contributed by atoms with Gasteiger partial charge < -0.3 is 9.73 Å². The Bertz CT molecular complexity index is 1160. The molecule has 0 atom stereocenters. The quantitative estimate of drug-likeness (QED) is 0.468. The zero-order valence-electron chi connectivity index (χ0n) is 15.6. The Hall–Kier alpha value is -3.11. The maximum Gasteiger partial charge on any atom is 0.228 e. The fourth-order valence-electron chi connectivity index (χ4n) is 3.00. The summed E-state index contributed by atoms with van der Waals surface area (Å²) in [6, 6.07) is 18.8. The van der Waals surface area contributed by atoms with Gasteiger partial charge in [0.2, 0.25) is 11.8 Å². The van der Waals surface area contributed by atoms with Crippen LogP contribution in [0.4, 0.5) is 5.69 Å². The molecule has 0 saturated heterocycles. The lowest BCUT2D eigenvalue weighted by atomic mass is 10.1. The number of hydrogen-bond acceptors (Lipinski definition) is 3. The molecule has 0 fully saturated rings. The summed E-state index contributed by atoms with van der Waals surface area (Å²) in [6.07, 6.45) is 0.280. The molecule has 4 aromatic rings. The number of fused-ring (bicyclic) bond motifs is 1. The summed E-state index contributed by atoms with van der Waals surface area (Å²) in [7, 11) is 0. The lowest BCUT2D eigenvalue weighted by Gasteiger charge is -2.05. The highest BCUT2D eigenvalue weighted by atomic mass is 35.5. The molecule has 0 unspecified atom stereocenters. The average molecular weight is 391 g/mol. The van der Waals surface area contributed by atoms with Crippen molar-refractivity contribution in [2.45, 2.75) is 20.3 Å². The highest BCUT2D eigenvalue weighted by Gasteiger charge is 2.11. The van der Waals surface area contributed by atoms with Crippen molar-refractivity contribution in [3.05, 3.63) is 82.4 Å². The van der Waals surface area contributed by atoms with Crippen LogP contribution in [0.25, 0.3) is 22.6 Å². The molecule has 0 radical (unpaired) electrons. The minimum absolute atomic E-state index is 0.0976. The Balaban J connectivity index is 1.53. The van der Waals surface area contributed by atoms with Crippen molar-refractivity contribution in [2.24, 2.45) is 0 Å². The monoisotopic (exact) mass is 390 g/mol. The minimum Gasteiger partial charge on any atom is -0.436 e. The van der Waals surface area contributed by atoms with Crippen LogP contribution in [0.2, 0.25) is 5.02 Å². The molecule has 5 heteroatoms. The van der Waals surface area contributed by atoms with E-state index in [9.17, 15) is 4.79 Å². The molecule has 0 saturated carbocycles. The van der Waals surface area contributed by atoms with Crippen molar-refractivity contribution in [2.75, 3.05) is 5.32 Å². The van der Waals surface area contributed by atoms with Gasteiger partial charge in [-0.2, -0.15) is 0 Å². The lowest BCUT2D eigenvalue weighted by molar-refractivity contribution is -0.115. The number of nitrogens with zero attached hydrogens (tertiary/aromatic N) is 1. The smallest absolute Gasteiger partial charge is 0.228 e. The Labute approximate surface area is 168 Å². The van der Waals surface area contributed by atoms with E-state index < -0.39 is 0 Å². The fourth-order valence-corrected chi connectivity index (χ4v) is 3.12. The molecule has 1 N–H and O–H groups in total. The minimum atomic E-state index is -0.0976. The van der Waals surface area contributed by atoms with Crippen molar-refractivity contribution in [1.82, 2.24) is 4.98 Å². The van der Waals surface area contributed by atoms with Gasteiger partial charge in [0.15, 0.2) is 5.58 Å². The fraction of sp³-hybridized carbons (Fsp3) is 0.130. The van der Waals surface area contributed by atoms with Crippen LogP contribution in [0.1, 0.15) is 16.7 Å². The van der Waals surface area contributed by atoms with Gasteiger partial charge in [-0.25, -0.2) is 4.98 Å². The summed E-state index contributed by atoms with van der Waals surface area (Å²) in [6.45, 7) is 4.14. The molecule has 0 aliphatic rings. The summed E-state index contributed by atoms with van der Waals surface area (Å²) in [4.78, 5) is 16.9. The highest BCUT2D eigenvalue weighted by molar-refractivity contribution is 6.30. The Morgan fingerprint density at radius 2 is 1.79 bits per heavy atom. The van der Waals surface area contributed by atoms with Gasteiger partial charge in [0.1, 0.15) is 5.52 Å². The number of oxazole rings is 1. The van der Waals surface area contributed by atoms with Gasteiger partial charge in [0.25, 0.3) is 0 Å². The Morgan fingerprint density at radius 1 is 1.00 bits per heavy atom. The van der Waals surface area contributed by atoms with Crippen LogP contribution in [0, 0.1) is 13.8 Å². The van der Waals surface area contributed by atoms with E-state index in [0.717, 1.165) is 11.1 Å². The second-order valence-corrected chi connectivity index (χ2v) is 7.29. The van der Waals surface area contributed by atoms with Gasteiger partial charge in [-0.1, -0.05) is 29.8 Å². The molecular formula is C23H19ClN2O2. The first-order chi connectivity index (χ1) is 13.5. The van der Waals surface area contributed by atoms with Gasteiger partial charge in [-0.15, -0.1) is 0 Å². The van der Waals surface area contributed by atoms with Crippen molar-refractivity contribution < 1.29 is 9.21 Å². The number of anilines is 1. The molecule has 1 heterocycles. The Kier molecular flexibility index (Phi) is 4.88. The molecule has 0 aliphatic carbocycles. The largest absolute Gasteiger partial charge is 0.436 e. The summed E-state index contributed by atoms with van der Waals surface area (Å²) in [5.74, 6) is 0.474. The van der Waals surface area contributed by atoms with Crippen LogP contribution in [0.3, 0.4) is 0 Å². The number of carbonyl (C=O) groups excluding carboxylic acids is 1. The normalized spacial score (nSPS) is 11.0. The number of amides is 1. The van der Waals surface area contributed by atoms with Gasteiger partial charge in [0, 0.05) is 16.3 Å². The van der Waals surface area contributed by atoms with E-state index in [0.29, 0.717) is 27.7 Å². The number of aromatic nitrogens is 1. The van der Waals surface area contributed by atoms with E-state index in [1.165, 1.54) is 11.1 Å². The molecule has 0 aliphatic heterocycles. The second kappa shape index (κ2) is 7.49. The number of rotatable bonds is 4. The average Bonchev–Trinajstić information content (AvgIpc) is 3.09. The lowest BCUT2D eigenvalue weighted by Crippen LogP contribution is -2.14. The number of carbonyl (C=O) groups is 1. The molecule has 1 amide bonds. The van der Waals surface area contributed by atoms with E-state index in [2.05, 4.69) is 36.3 Å². The first kappa shape index (κ1) is 18.3. The molecule has 1 aromatic heterocycles. The maximum absolute atomic E-state index is 12.3. The molecule has 140 valence electrons. The summed E-state index contributed by atoms with van der Waals surface area (Å²) < 4.78 is 5.88. The van der Waals surface area contributed by atoms with Crippen LogP contribution in [0.15, 0.2) is 65.1 Å². The second-order valence-electron chi connectivity index (χ2n) is 6.85. The van der Waals surface area contributed by atoms with Crippen molar-refractivity contribution in [1.29, 1.82) is 0 Å². The van der Waals surface area contributed by atoms with E-state index >= 15 is 0 Å². The Morgan fingerprint density at radius 3 is 2.54 bits per heavy atom. The van der Waals surface area contributed by atoms with Crippen molar-refractivity contribution >= 4 is 34.3 Å². The van der Waals surface area contributed by atoms with Crippen LogP contribution >= 0.6 is 11.6 Å². The van der Waals surface area contributed by atoms with Gasteiger partial charge in [0.05, 0.1) is 6.42 Å². The van der Waals surface area contributed by atoms with E-state index in [4.69, 9.17) is 16.0 Å². The first-order valence-corrected chi connectivity index (χ1v) is 9.38. The van der Waals surface area contributed by atoms with E-state index in [-0.39, 0.29) is 12.3 Å². The van der Waals surface area contributed by atoms with Crippen LogP contribution < -0.4 is 5.32 Å². The van der Waals surface area contributed by atoms with Crippen LogP contribution in [-0.4, -0.2) is 10.9 Å². The van der Waals surface area contributed by atoms with Crippen molar-refractivity contribution in [3.63, 3.8) is 0 Å². The van der Waals surface area contributed by atoms with Crippen molar-refractivity contribution in [3.8, 4) is 11.5 Å². The first-order valence-electron chi connectivity index (χ1n) is 9.00. The van der Waals surface area contributed by atoms with Gasteiger partial charge in [-0.05, 0) is 73.0 Å². The van der Waals surface area contributed by atoms with E-state index in [1.807, 2.05) is 36.4 Å². The third-order valence-corrected chi connectivity index (χ3v) is 4.96. The third kappa shape index (κ3) is 3.92. The zero-order valence-corrected chi connectivity index (χ0v) is 16.4. The summed E-state index contributed by atoms with van der Waals surface area (Å²) >= 11 is 5.88. The number of aryl methyl sites for hydroxylation is 2. The highest BCUT2D eigenvalue weighted by Crippen LogP contribution is 2.27. The van der Waals surface area contributed by atoms with Gasteiger partial charge in [-0.3, -0.25) is 4.79 Å². The van der Waals surface area contributed by atoms with Crippen LogP contribution in [-0.2, 0) is 11.2 Å². The summed E-state index contributed by atoms with van der Waals surface area (Å²) in [5, 5.41) is 3.56. The SMILES string of the molecule is Cc1ccc(-c2nc3cc(NC(=O)Cc4ccc(Cl)cc4)ccc3o2)cc1C. The molecule has 4 nitrogen and oxygen atoms in total.